The minimum Gasteiger partial charge on any atom is -0.491 e. The Labute approximate surface area is 178 Å². The fourth-order valence-electron chi connectivity index (χ4n) is 3.32. The van der Waals surface area contributed by atoms with Crippen molar-refractivity contribution in [3.05, 3.63) is 65.8 Å². The van der Waals surface area contributed by atoms with Crippen molar-refractivity contribution in [2.75, 3.05) is 6.61 Å². The number of unbranched alkanes of at least 4 members (excludes halogenated alkanes) is 1. The highest BCUT2D eigenvalue weighted by molar-refractivity contribution is 6.03. The van der Waals surface area contributed by atoms with E-state index in [2.05, 4.69) is 17.5 Å². The molecule has 5 nitrogen and oxygen atoms in total. The summed E-state index contributed by atoms with van der Waals surface area (Å²) in [6.45, 7) is 0.190. The number of nitrogens with one attached hydrogen (secondary N) is 1. The molecule has 1 atom stereocenters. The Morgan fingerprint density at radius 2 is 2.03 bits per heavy atom. The van der Waals surface area contributed by atoms with Crippen molar-refractivity contribution < 1.29 is 19.4 Å². The van der Waals surface area contributed by atoms with Crippen molar-refractivity contribution in [2.45, 2.75) is 63.5 Å². The first-order valence-corrected chi connectivity index (χ1v) is 10.8. The molecule has 1 amide bonds. The Bertz CT molecular complexity index is 806. The molecule has 0 aromatic heterocycles. The number of hydrogen-bond acceptors (Lipinski definition) is 4. The predicted molar refractivity (Wildman–Crippen MR) is 117 cm³/mol. The fourth-order valence-corrected chi connectivity index (χ4v) is 3.32. The van der Waals surface area contributed by atoms with E-state index < -0.39 is 6.10 Å². The van der Waals surface area contributed by atoms with E-state index in [9.17, 15) is 14.7 Å². The third-order valence-electron chi connectivity index (χ3n) is 5.18. The average molecular weight is 410 g/mol. The lowest BCUT2D eigenvalue weighted by molar-refractivity contribution is -0.121. The number of hydrogen-bond donors (Lipinski definition) is 2. The van der Waals surface area contributed by atoms with E-state index in [-0.39, 0.29) is 18.3 Å². The first kappa shape index (κ1) is 22.0. The lowest BCUT2D eigenvalue weighted by Crippen LogP contribution is -2.24. The van der Waals surface area contributed by atoms with Gasteiger partial charge in [0.1, 0.15) is 12.4 Å². The van der Waals surface area contributed by atoms with Gasteiger partial charge in [-0.1, -0.05) is 42.5 Å². The average Bonchev–Trinajstić information content (AvgIpc) is 3.49. The number of amides is 1. The van der Waals surface area contributed by atoms with Gasteiger partial charge in [0.25, 0.3) is 0 Å². The lowest BCUT2D eigenvalue weighted by Gasteiger charge is -2.11. The molecule has 2 aliphatic carbocycles. The smallest absolute Gasteiger partial charge is 0.220 e. The fraction of sp³-hybridized carbons (Fsp3) is 0.440. The zero-order chi connectivity index (χ0) is 21.2. The number of allylic oxidation sites excluding steroid dienone is 5. The molecule has 160 valence electrons. The minimum atomic E-state index is -0.662. The molecule has 0 unspecified atom stereocenters. The molecule has 1 saturated carbocycles. The number of aliphatic hydroxyl groups is 1. The SMILES string of the molecule is O=C(CCC/C=C\CC1=CCC(=O)C1=CC[C@@H](O)COc1ccccc1)NC1CC1. The summed E-state index contributed by atoms with van der Waals surface area (Å²) in [4.78, 5) is 23.8. The van der Waals surface area contributed by atoms with Gasteiger partial charge in [0.2, 0.25) is 5.91 Å². The highest BCUT2D eigenvalue weighted by atomic mass is 16.5. The third-order valence-corrected chi connectivity index (χ3v) is 5.18. The Morgan fingerprint density at radius 1 is 1.23 bits per heavy atom. The van der Waals surface area contributed by atoms with E-state index in [0.717, 1.165) is 37.0 Å². The van der Waals surface area contributed by atoms with Gasteiger partial charge in [-0.2, -0.15) is 0 Å². The van der Waals surface area contributed by atoms with Crippen LogP contribution in [0.4, 0.5) is 0 Å². The first-order valence-electron chi connectivity index (χ1n) is 10.8. The van der Waals surface area contributed by atoms with Crippen LogP contribution in [0.1, 0.15) is 51.4 Å². The lowest BCUT2D eigenvalue weighted by atomic mass is 10.0. The van der Waals surface area contributed by atoms with Gasteiger partial charge in [-0.15, -0.1) is 0 Å². The molecule has 1 aromatic carbocycles. The largest absolute Gasteiger partial charge is 0.491 e. The van der Waals surface area contributed by atoms with E-state index >= 15 is 0 Å². The monoisotopic (exact) mass is 409 g/mol. The number of carbonyl (C=O) groups is 2. The van der Waals surface area contributed by atoms with Gasteiger partial charge in [0.15, 0.2) is 5.78 Å². The second-order valence-electron chi connectivity index (χ2n) is 7.90. The second-order valence-corrected chi connectivity index (χ2v) is 7.90. The van der Waals surface area contributed by atoms with Crippen molar-refractivity contribution in [1.29, 1.82) is 0 Å². The normalized spacial score (nSPS) is 18.6. The van der Waals surface area contributed by atoms with Crippen LogP contribution in [0.3, 0.4) is 0 Å². The zero-order valence-corrected chi connectivity index (χ0v) is 17.4. The topological polar surface area (TPSA) is 75.6 Å². The molecule has 0 spiro atoms. The highest BCUT2D eigenvalue weighted by Crippen LogP contribution is 2.26. The van der Waals surface area contributed by atoms with Crippen LogP contribution in [-0.4, -0.2) is 35.5 Å². The van der Waals surface area contributed by atoms with Crippen LogP contribution in [0, 0.1) is 0 Å². The molecule has 2 aliphatic rings. The molecular formula is C25H31NO4. The molecule has 3 rings (SSSR count). The summed E-state index contributed by atoms with van der Waals surface area (Å²) in [6.07, 6.45) is 13.3. The van der Waals surface area contributed by atoms with Crippen LogP contribution >= 0.6 is 0 Å². The third kappa shape index (κ3) is 7.64. The summed E-state index contributed by atoms with van der Waals surface area (Å²) < 4.78 is 5.56. The van der Waals surface area contributed by atoms with E-state index in [1.165, 1.54) is 0 Å². The Balaban J connectivity index is 1.36. The molecule has 1 fully saturated rings. The highest BCUT2D eigenvalue weighted by Gasteiger charge is 2.22. The van der Waals surface area contributed by atoms with Crippen molar-refractivity contribution >= 4 is 11.7 Å². The number of carbonyl (C=O) groups excluding carboxylic acids is 2. The predicted octanol–water partition coefficient (Wildman–Crippen LogP) is 4.04. The van der Waals surface area contributed by atoms with Gasteiger partial charge in [-0.05, 0) is 56.2 Å². The standard InChI is InChI=1S/C25H31NO4/c27-21(18-30-22-9-5-3-6-10-22)15-16-23-19(12-17-24(23)28)8-4-1-2-7-11-25(29)26-20-13-14-20/h1,3-6,9-10,12,16,20-21,27H,2,7-8,11,13-15,17-18H2,(H,26,29)/b4-1-,23-16?/t21-/m1/s1. The van der Waals surface area contributed by atoms with Crippen LogP contribution in [0.2, 0.25) is 0 Å². The van der Waals surface area contributed by atoms with Crippen LogP contribution in [0.15, 0.2) is 65.8 Å². The molecule has 2 N–H and O–H groups in total. The van der Waals surface area contributed by atoms with Gasteiger partial charge in [0, 0.05) is 24.5 Å². The number of aliphatic hydroxyl groups excluding tert-OH is 1. The van der Waals surface area contributed by atoms with E-state index in [1.807, 2.05) is 42.5 Å². The number of para-hydroxylation sites is 1. The molecule has 1 aromatic rings. The molecule has 0 heterocycles. The van der Waals surface area contributed by atoms with Gasteiger partial charge >= 0.3 is 0 Å². The summed E-state index contributed by atoms with van der Waals surface area (Å²) in [5, 5.41) is 13.2. The van der Waals surface area contributed by atoms with E-state index in [4.69, 9.17) is 4.74 Å². The van der Waals surface area contributed by atoms with Crippen LogP contribution in [0.5, 0.6) is 5.75 Å². The van der Waals surface area contributed by atoms with Crippen LogP contribution < -0.4 is 10.1 Å². The summed E-state index contributed by atoms with van der Waals surface area (Å²) in [7, 11) is 0. The molecule has 0 aliphatic heterocycles. The number of Topliss-reactive ketones (excluding diaryl/α,β-unsaturated/α-hetero) is 1. The van der Waals surface area contributed by atoms with E-state index in [1.54, 1.807) is 0 Å². The van der Waals surface area contributed by atoms with Crippen molar-refractivity contribution in [3.63, 3.8) is 0 Å². The number of rotatable bonds is 12. The van der Waals surface area contributed by atoms with Crippen molar-refractivity contribution in [2.24, 2.45) is 0 Å². The summed E-state index contributed by atoms with van der Waals surface area (Å²) in [6, 6.07) is 9.79. The first-order chi connectivity index (χ1) is 14.6. The van der Waals surface area contributed by atoms with Crippen molar-refractivity contribution in [1.82, 2.24) is 5.32 Å². The number of ketones is 1. The molecule has 0 saturated heterocycles. The second kappa shape index (κ2) is 11.5. The maximum atomic E-state index is 12.2. The minimum absolute atomic E-state index is 0.103. The quantitative estimate of drug-likeness (QED) is 0.310. The van der Waals surface area contributed by atoms with Crippen molar-refractivity contribution in [3.8, 4) is 5.75 Å². The number of ether oxygens (including phenoxy) is 1. The summed E-state index contributed by atoms with van der Waals surface area (Å²) in [5.41, 5.74) is 1.72. The molecule has 5 heteroatoms. The molecule has 0 bridgehead atoms. The van der Waals surface area contributed by atoms with Gasteiger partial charge in [0.05, 0.1) is 6.10 Å². The maximum absolute atomic E-state index is 12.2. The van der Waals surface area contributed by atoms with Gasteiger partial charge in [-0.3, -0.25) is 9.59 Å². The molecule has 30 heavy (non-hydrogen) atoms. The van der Waals surface area contributed by atoms with Gasteiger partial charge < -0.3 is 15.2 Å². The van der Waals surface area contributed by atoms with E-state index in [0.29, 0.717) is 37.3 Å². The van der Waals surface area contributed by atoms with Gasteiger partial charge in [-0.25, -0.2) is 0 Å². The molecular weight excluding hydrogens is 378 g/mol. The zero-order valence-electron chi connectivity index (χ0n) is 17.4. The Kier molecular flexibility index (Phi) is 8.45. The summed E-state index contributed by atoms with van der Waals surface area (Å²) in [5.74, 6) is 0.971. The molecule has 0 radical (unpaired) electrons. The van der Waals surface area contributed by atoms with Crippen LogP contribution in [0.25, 0.3) is 0 Å². The Hall–Kier alpha value is -2.66. The maximum Gasteiger partial charge on any atom is 0.220 e. The Morgan fingerprint density at radius 3 is 2.80 bits per heavy atom. The van der Waals surface area contributed by atoms with Crippen LogP contribution in [-0.2, 0) is 9.59 Å². The summed E-state index contributed by atoms with van der Waals surface area (Å²) >= 11 is 0. The number of benzene rings is 1.